The lowest BCUT2D eigenvalue weighted by Gasteiger charge is -2.45. The highest BCUT2D eigenvalue weighted by Gasteiger charge is 2.53. The van der Waals surface area contributed by atoms with E-state index in [4.69, 9.17) is 18.9 Å². The van der Waals surface area contributed by atoms with Gasteiger partial charge in [-0.2, -0.15) is 0 Å². The maximum absolute atomic E-state index is 13.1. The maximum atomic E-state index is 13.1. The van der Waals surface area contributed by atoms with E-state index in [0.29, 0.717) is 77.0 Å². The topological polar surface area (TPSA) is 227 Å². The van der Waals surface area contributed by atoms with Gasteiger partial charge in [-0.1, -0.05) is 76.3 Å². The molecule has 14 heteroatoms. The van der Waals surface area contributed by atoms with Gasteiger partial charge in [0.25, 0.3) is 0 Å². The van der Waals surface area contributed by atoms with Gasteiger partial charge in [0.2, 0.25) is 23.8 Å². The molecule has 6 N–H and O–H groups in total. The van der Waals surface area contributed by atoms with Crippen LogP contribution in [0.4, 0.5) is 0 Å². The smallest absolute Gasteiger partial charge is 0.340 e. The summed E-state index contributed by atoms with van der Waals surface area (Å²) in [5.41, 5.74) is 0. The van der Waals surface area contributed by atoms with Gasteiger partial charge >= 0.3 is 11.9 Å². The van der Waals surface area contributed by atoms with E-state index in [1.165, 1.54) is 0 Å². The van der Waals surface area contributed by atoms with Crippen LogP contribution >= 0.6 is 0 Å². The number of ketones is 2. The highest BCUT2D eigenvalue weighted by Crippen LogP contribution is 2.39. The fourth-order valence-corrected chi connectivity index (χ4v) is 7.82. The van der Waals surface area contributed by atoms with Gasteiger partial charge in [0.05, 0.1) is 36.6 Å². The summed E-state index contributed by atoms with van der Waals surface area (Å²) >= 11 is 0. The average molecular weight is 849 g/mol. The van der Waals surface area contributed by atoms with Crippen molar-refractivity contribution in [3.05, 3.63) is 48.6 Å². The predicted octanol–water partition coefficient (Wildman–Crippen LogP) is 4.85. The molecule has 340 valence electrons. The molecule has 0 aromatic carbocycles. The Bertz CT molecular complexity index is 1400. The lowest BCUT2D eigenvalue weighted by molar-refractivity contribution is -0.322. The van der Waals surface area contributed by atoms with Gasteiger partial charge in [-0.15, -0.1) is 0 Å². The first-order valence-electron chi connectivity index (χ1n) is 21.9. The van der Waals surface area contributed by atoms with Crippen molar-refractivity contribution >= 4 is 23.5 Å². The molecular weight excluding hydrogens is 776 g/mol. The molecule has 0 saturated carbocycles. The van der Waals surface area contributed by atoms with Crippen LogP contribution < -0.4 is 0 Å². The summed E-state index contributed by atoms with van der Waals surface area (Å²) in [5, 5.41) is 66.0. The number of allylic oxidation sites excluding steroid dienone is 8. The van der Waals surface area contributed by atoms with Gasteiger partial charge in [0.1, 0.15) is 11.6 Å². The first kappa shape index (κ1) is 51.3. The molecule has 60 heavy (non-hydrogen) atoms. The fraction of sp³-hybridized carbons (Fsp3) is 0.739. The van der Waals surface area contributed by atoms with Crippen molar-refractivity contribution in [2.75, 3.05) is 0 Å². The zero-order valence-electron chi connectivity index (χ0n) is 36.4. The molecule has 3 aliphatic heterocycles. The van der Waals surface area contributed by atoms with Crippen molar-refractivity contribution in [3.63, 3.8) is 0 Å². The van der Waals surface area contributed by atoms with E-state index in [1.807, 2.05) is 36.5 Å². The molecule has 14 atom stereocenters. The molecule has 4 bridgehead atoms. The van der Waals surface area contributed by atoms with E-state index in [2.05, 4.69) is 0 Å². The summed E-state index contributed by atoms with van der Waals surface area (Å²) in [6.07, 6.45) is 11.1. The van der Waals surface area contributed by atoms with Gasteiger partial charge in [0, 0.05) is 36.5 Å². The molecule has 0 aliphatic carbocycles. The van der Waals surface area contributed by atoms with Crippen LogP contribution in [0.3, 0.4) is 0 Å². The second-order valence-corrected chi connectivity index (χ2v) is 17.3. The van der Waals surface area contributed by atoms with Crippen LogP contribution in [0.5, 0.6) is 0 Å². The molecule has 2 fully saturated rings. The SMILES string of the molecule is C[C@@H]1C(=O)C[C@@H](O)CCC=CC=CCC[C@H](C)OC(=O)C(O)[C@]2(O)O[C@@H](CC[C@H]2C)[C@H](C)C(=O)C[C@@H](O)CCC=CC=CCC[C@H](C)OC(=O)C(O)[C@]2(O)O[C@H]1CC[C@H]2C. The Balaban J connectivity index is 1.67. The third kappa shape index (κ3) is 15.1. The molecule has 0 aromatic heterocycles. The van der Waals surface area contributed by atoms with Crippen molar-refractivity contribution in [1.29, 1.82) is 0 Å². The van der Waals surface area contributed by atoms with Crippen LogP contribution in [0.2, 0.25) is 0 Å². The second-order valence-electron chi connectivity index (χ2n) is 17.3. The van der Waals surface area contributed by atoms with Crippen LogP contribution in [0.15, 0.2) is 48.6 Å². The quantitative estimate of drug-likeness (QED) is 0.179. The van der Waals surface area contributed by atoms with E-state index < -0.39 is 96.0 Å². The minimum absolute atomic E-state index is 0.124. The molecule has 14 nitrogen and oxygen atoms in total. The van der Waals surface area contributed by atoms with Gasteiger partial charge in [0.15, 0.2) is 0 Å². The Kier molecular flexibility index (Phi) is 21.0. The third-order valence-electron chi connectivity index (χ3n) is 12.3. The molecule has 3 rings (SSSR count). The lowest BCUT2D eigenvalue weighted by atomic mass is 9.82. The Labute approximate surface area is 355 Å². The van der Waals surface area contributed by atoms with Crippen molar-refractivity contribution < 1.29 is 68.8 Å². The van der Waals surface area contributed by atoms with Gasteiger partial charge < -0.3 is 49.6 Å². The maximum Gasteiger partial charge on any atom is 0.340 e. The molecule has 2 saturated heterocycles. The van der Waals surface area contributed by atoms with Crippen LogP contribution in [0.25, 0.3) is 0 Å². The molecule has 3 aliphatic rings. The van der Waals surface area contributed by atoms with E-state index in [-0.39, 0.29) is 24.4 Å². The first-order valence-corrected chi connectivity index (χ1v) is 21.9. The predicted molar refractivity (Wildman–Crippen MR) is 223 cm³/mol. The zero-order chi connectivity index (χ0) is 44.6. The zero-order valence-corrected chi connectivity index (χ0v) is 36.4. The molecule has 2 unspecified atom stereocenters. The lowest BCUT2D eigenvalue weighted by Crippen LogP contribution is -2.59. The number of aliphatic hydroxyl groups is 6. The molecule has 0 spiro atoms. The molecule has 0 aromatic rings. The summed E-state index contributed by atoms with van der Waals surface area (Å²) in [5.74, 6) is -9.77. The highest BCUT2D eigenvalue weighted by molar-refractivity contribution is 5.82. The Morgan fingerprint density at radius 3 is 1.13 bits per heavy atom. The van der Waals surface area contributed by atoms with Crippen molar-refractivity contribution in [2.24, 2.45) is 23.7 Å². The van der Waals surface area contributed by atoms with Gasteiger partial charge in [-0.05, 0) is 90.9 Å². The summed E-state index contributed by atoms with van der Waals surface area (Å²) in [4.78, 5) is 52.2. The van der Waals surface area contributed by atoms with E-state index in [1.54, 1.807) is 53.7 Å². The minimum atomic E-state index is -2.26. The number of hydrogen-bond acceptors (Lipinski definition) is 14. The number of ether oxygens (including phenoxy) is 4. The fourth-order valence-electron chi connectivity index (χ4n) is 7.82. The number of Topliss-reactive ketones (excluding diaryl/α,β-unsaturated/α-hetero) is 2. The Morgan fingerprint density at radius 1 is 0.483 bits per heavy atom. The summed E-state index contributed by atoms with van der Waals surface area (Å²) < 4.78 is 22.7. The van der Waals surface area contributed by atoms with E-state index >= 15 is 0 Å². The van der Waals surface area contributed by atoms with Gasteiger partial charge in [-0.25, -0.2) is 9.59 Å². The molecule has 0 radical (unpaired) electrons. The largest absolute Gasteiger partial charge is 0.461 e. The van der Waals surface area contributed by atoms with E-state index in [0.717, 1.165) is 0 Å². The number of fused-ring (bicyclic) bond motifs is 4. The van der Waals surface area contributed by atoms with Gasteiger partial charge in [-0.3, -0.25) is 9.59 Å². The summed E-state index contributed by atoms with van der Waals surface area (Å²) in [6.45, 7) is 9.96. The average Bonchev–Trinajstić information content (AvgIpc) is 3.20. The molecule has 0 amide bonds. The van der Waals surface area contributed by atoms with Crippen LogP contribution in [0, 0.1) is 23.7 Å². The normalized spacial score (nSPS) is 40.2. The summed E-state index contributed by atoms with van der Waals surface area (Å²) in [7, 11) is 0. The number of esters is 2. The van der Waals surface area contributed by atoms with Crippen LogP contribution in [0.1, 0.15) is 131 Å². The minimum Gasteiger partial charge on any atom is -0.461 e. The number of hydrogen-bond donors (Lipinski definition) is 6. The summed E-state index contributed by atoms with van der Waals surface area (Å²) in [6, 6.07) is 0. The number of rotatable bonds is 0. The number of carbonyl (C=O) groups is 4. The van der Waals surface area contributed by atoms with Crippen LogP contribution in [-0.2, 0) is 38.1 Å². The monoisotopic (exact) mass is 848 g/mol. The second kappa shape index (κ2) is 24.5. The number of aliphatic hydroxyl groups excluding tert-OH is 4. The van der Waals surface area contributed by atoms with Crippen molar-refractivity contribution in [3.8, 4) is 0 Å². The third-order valence-corrected chi connectivity index (χ3v) is 12.3. The first-order chi connectivity index (χ1) is 28.3. The highest BCUT2D eigenvalue weighted by atomic mass is 16.7. The Hall–Kier alpha value is -3.08. The van der Waals surface area contributed by atoms with Crippen molar-refractivity contribution in [2.45, 2.75) is 192 Å². The standard InChI is InChI=1S/C46H72O14/c1-29-23-25-39-33(5)37(49)27-35(47)21-17-13-10-8-12-16-20-32(4)58-44(54)42(52)46(56)30(2)24-26-40(60-46)34(6)38(50)28-36(48)22-18-14-9-7-11-15-19-31(3)57-43(53)41(51)45(29,55)59-39/h7-14,29-36,39-42,47-48,51-52,55-56H,15-28H2,1-6H3/t29-,30-,31+,32+,33-,34-,35+,36+,39+,40+,41?,42?,45-,46-/m1/s1. The Morgan fingerprint density at radius 2 is 0.800 bits per heavy atom. The molecular formula is C46H72O14. The molecule has 3 heterocycles. The van der Waals surface area contributed by atoms with Crippen molar-refractivity contribution in [1.82, 2.24) is 0 Å². The number of carbonyl (C=O) groups excluding carboxylic acids is 4. The van der Waals surface area contributed by atoms with E-state index in [9.17, 15) is 49.8 Å². The van der Waals surface area contributed by atoms with Crippen LogP contribution in [-0.4, -0.2) is 115 Å². The number of cyclic esters (lactones) is 2.